The van der Waals surface area contributed by atoms with Gasteiger partial charge in [-0.3, -0.25) is 4.68 Å². The maximum Gasteiger partial charge on any atom is 0.0624 e. The quantitative estimate of drug-likeness (QED) is 0.575. The van der Waals surface area contributed by atoms with Crippen molar-refractivity contribution in [3.63, 3.8) is 0 Å². The number of nitrogens with zero attached hydrogens (tertiary/aromatic N) is 2. The molecule has 0 atom stereocenters. The lowest BCUT2D eigenvalue weighted by Crippen LogP contribution is -2.16. The van der Waals surface area contributed by atoms with E-state index in [1.807, 2.05) is 0 Å². The van der Waals surface area contributed by atoms with Gasteiger partial charge in [0.2, 0.25) is 0 Å². The summed E-state index contributed by atoms with van der Waals surface area (Å²) < 4.78 is 2.14. The van der Waals surface area contributed by atoms with Crippen LogP contribution in [0, 0.1) is 0 Å². The van der Waals surface area contributed by atoms with Crippen LogP contribution in [0.3, 0.4) is 0 Å². The number of aromatic nitrogens is 2. The highest BCUT2D eigenvalue weighted by Crippen LogP contribution is 2.18. The summed E-state index contributed by atoms with van der Waals surface area (Å²) in [5.41, 5.74) is 4.01. The van der Waals surface area contributed by atoms with Gasteiger partial charge in [0.15, 0.2) is 0 Å². The van der Waals surface area contributed by atoms with Crippen molar-refractivity contribution in [3.8, 4) is 0 Å². The highest BCUT2D eigenvalue weighted by molar-refractivity contribution is 5.17. The molecule has 1 N–H and O–H groups in total. The van der Waals surface area contributed by atoms with Gasteiger partial charge in [0.25, 0.3) is 0 Å². The van der Waals surface area contributed by atoms with Gasteiger partial charge in [0.1, 0.15) is 0 Å². The molecule has 1 saturated carbocycles. The number of aryl methyl sites for hydroxylation is 2. The van der Waals surface area contributed by atoms with Crippen molar-refractivity contribution in [1.82, 2.24) is 15.1 Å². The topological polar surface area (TPSA) is 29.9 Å². The third-order valence-electron chi connectivity index (χ3n) is 3.68. The van der Waals surface area contributed by atoms with Gasteiger partial charge in [-0.05, 0) is 52.1 Å². The van der Waals surface area contributed by atoms with E-state index in [1.54, 1.807) is 0 Å². The van der Waals surface area contributed by atoms with Crippen LogP contribution in [0.1, 0.15) is 51.4 Å². The number of rotatable bonds is 8. The Bertz CT molecular complexity index is 427. The summed E-state index contributed by atoms with van der Waals surface area (Å²) in [5.74, 6) is 0. The van der Waals surface area contributed by atoms with E-state index in [0.29, 0.717) is 0 Å². The predicted molar refractivity (Wildman–Crippen MR) is 80.4 cm³/mol. The molecule has 1 aliphatic carbocycles. The summed E-state index contributed by atoms with van der Waals surface area (Å²) in [7, 11) is 0. The lowest BCUT2D eigenvalue weighted by atomic mass is 10.1. The van der Waals surface area contributed by atoms with E-state index in [9.17, 15) is 0 Å². The standard InChI is InChI=1S/C16H27N3/c1-4-14-12-16(19(5-2)18-14)11-13(3)7-6-10-17-15-8-9-15/h7,12,15,17H,4-6,8-11H2,1-3H3. The zero-order valence-electron chi connectivity index (χ0n) is 12.6. The van der Waals surface area contributed by atoms with E-state index in [1.165, 1.54) is 29.8 Å². The minimum Gasteiger partial charge on any atom is -0.314 e. The van der Waals surface area contributed by atoms with Crippen LogP contribution in [0.25, 0.3) is 0 Å². The van der Waals surface area contributed by atoms with Gasteiger partial charge in [-0.1, -0.05) is 18.6 Å². The molecule has 0 saturated heterocycles. The van der Waals surface area contributed by atoms with Gasteiger partial charge < -0.3 is 5.32 Å². The van der Waals surface area contributed by atoms with Crippen LogP contribution in [-0.4, -0.2) is 22.4 Å². The van der Waals surface area contributed by atoms with E-state index in [2.05, 4.69) is 48.0 Å². The molecular weight excluding hydrogens is 234 g/mol. The summed E-state index contributed by atoms with van der Waals surface area (Å²) in [4.78, 5) is 0. The fourth-order valence-electron chi connectivity index (χ4n) is 2.36. The number of hydrogen-bond donors (Lipinski definition) is 1. The molecule has 3 nitrogen and oxygen atoms in total. The van der Waals surface area contributed by atoms with Crippen LogP contribution in [0.2, 0.25) is 0 Å². The summed E-state index contributed by atoms with van der Waals surface area (Å²) in [5, 5.41) is 8.15. The normalized spacial score (nSPS) is 16.1. The third kappa shape index (κ3) is 4.50. The van der Waals surface area contributed by atoms with Gasteiger partial charge in [-0.2, -0.15) is 5.10 Å². The molecular formula is C16H27N3. The second-order valence-electron chi connectivity index (χ2n) is 5.54. The monoisotopic (exact) mass is 261 g/mol. The number of allylic oxidation sites excluding steroid dienone is 1. The second-order valence-corrected chi connectivity index (χ2v) is 5.54. The van der Waals surface area contributed by atoms with E-state index in [4.69, 9.17) is 0 Å². The lowest BCUT2D eigenvalue weighted by Gasteiger charge is -2.05. The fourth-order valence-corrected chi connectivity index (χ4v) is 2.36. The van der Waals surface area contributed by atoms with E-state index < -0.39 is 0 Å². The predicted octanol–water partition coefficient (Wildman–Crippen LogP) is 3.10. The van der Waals surface area contributed by atoms with Crippen molar-refractivity contribution in [1.29, 1.82) is 0 Å². The molecule has 1 aliphatic rings. The van der Waals surface area contributed by atoms with Crippen molar-refractivity contribution in [3.05, 3.63) is 29.1 Å². The smallest absolute Gasteiger partial charge is 0.0624 e. The molecule has 0 unspecified atom stereocenters. The molecule has 1 fully saturated rings. The minimum atomic E-state index is 0.822. The first-order valence-electron chi connectivity index (χ1n) is 7.67. The zero-order valence-corrected chi connectivity index (χ0v) is 12.6. The van der Waals surface area contributed by atoms with Crippen LogP contribution in [0.15, 0.2) is 17.7 Å². The van der Waals surface area contributed by atoms with Gasteiger partial charge in [0, 0.05) is 24.7 Å². The van der Waals surface area contributed by atoms with Crippen LogP contribution in [0.4, 0.5) is 0 Å². The Labute approximate surface area is 117 Å². The maximum atomic E-state index is 4.61. The Morgan fingerprint density at radius 1 is 1.47 bits per heavy atom. The lowest BCUT2D eigenvalue weighted by molar-refractivity contribution is 0.619. The first-order valence-corrected chi connectivity index (χ1v) is 7.67. The van der Waals surface area contributed by atoms with Crippen LogP contribution in [0.5, 0.6) is 0 Å². The van der Waals surface area contributed by atoms with Crippen LogP contribution in [-0.2, 0) is 19.4 Å². The molecule has 0 spiro atoms. The van der Waals surface area contributed by atoms with Crippen LogP contribution < -0.4 is 5.32 Å². The Balaban J connectivity index is 1.83. The van der Waals surface area contributed by atoms with E-state index >= 15 is 0 Å². The maximum absolute atomic E-state index is 4.61. The summed E-state index contributed by atoms with van der Waals surface area (Å²) in [6.07, 6.45) is 8.31. The average Bonchev–Trinajstić information content (AvgIpc) is 3.15. The van der Waals surface area contributed by atoms with Crippen molar-refractivity contribution in [2.24, 2.45) is 0 Å². The van der Waals surface area contributed by atoms with Gasteiger partial charge in [-0.15, -0.1) is 0 Å². The first-order chi connectivity index (χ1) is 9.22. The number of hydrogen-bond acceptors (Lipinski definition) is 2. The molecule has 106 valence electrons. The molecule has 1 aromatic heterocycles. The first kappa shape index (κ1) is 14.3. The molecule has 0 amide bonds. The second kappa shape index (κ2) is 6.90. The Hall–Kier alpha value is -1.09. The van der Waals surface area contributed by atoms with Crippen molar-refractivity contribution in [2.45, 2.75) is 65.5 Å². The zero-order chi connectivity index (χ0) is 13.7. The minimum absolute atomic E-state index is 0.822. The molecule has 0 bridgehead atoms. The van der Waals surface area contributed by atoms with Gasteiger partial charge >= 0.3 is 0 Å². The van der Waals surface area contributed by atoms with Gasteiger partial charge in [0.05, 0.1) is 5.69 Å². The fraction of sp³-hybridized carbons (Fsp3) is 0.688. The summed E-state index contributed by atoms with van der Waals surface area (Å²) >= 11 is 0. The Morgan fingerprint density at radius 2 is 2.26 bits per heavy atom. The number of nitrogens with one attached hydrogen (secondary N) is 1. The molecule has 0 aromatic carbocycles. The van der Waals surface area contributed by atoms with Crippen molar-refractivity contribution < 1.29 is 0 Å². The molecule has 1 heterocycles. The van der Waals surface area contributed by atoms with Crippen molar-refractivity contribution >= 4 is 0 Å². The molecule has 19 heavy (non-hydrogen) atoms. The molecule has 0 radical (unpaired) electrons. The Morgan fingerprint density at radius 3 is 2.89 bits per heavy atom. The highest BCUT2D eigenvalue weighted by Gasteiger charge is 2.19. The molecule has 2 rings (SSSR count). The highest BCUT2D eigenvalue weighted by atomic mass is 15.3. The molecule has 1 aromatic rings. The largest absolute Gasteiger partial charge is 0.314 e. The van der Waals surface area contributed by atoms with E-state index in [-0.39, 0.29) is 0 Å². The molecule has 3 heteroatoms. The Kier molecular flexibility index (Phi) is 5.20. The summed E-state index contributed by atoms with van der Waals surface area (Å²) in [6, 6.07) is 3.07. The molecule has 0 aliphatic heterocycles. The van der Waals surface area contributed by atoms with Gasteiger partial charge in [-0.25, -0.2) is 0 Å². The summed E-state index contributed by atoms with van der Waals surface area (Å²) in [6.45, 7) is 8.64. The van der Waals surface area contributed by atoms with Crippen LogP contribution >= 0.6 is 0 Å². The SMILES string of the molecule is CCc1cc(CC(C)=CCCNC2CC2)n(CC)n1. The van der Waals surface area contributed by atoms with E-state index in [0.717, 1.165) is 38.4 Å². The average molecular weight is 261 g/mol. The van der Waals surface area contributed by atoms with Crippen molar-refractivity contribution in [2.75, 3.05) is 6.54 Å². The third-order valence-corrected chi connectivity index (χ3v) is 3.68.